The summed E-state index contributed by atoms with van der Waals surface area (Å²) >= 11 is 0. The highest BCUT2D eigenvalue weighted by Crippen LogP contribution is 2.60. The van der Waals surface area contributed by atoms with Gasteiger partial charge in [-0.25, -0.2) is 0 Å². The maximum Gasteiger partial charge on any atom is 0.144 e. The van der Waals surface area contributed by atoms with Gasteiger partial charge < -0.3 is 4.48 Å². The fraction of sp³-hybridized carbons (Fsp3) is 0.938. The van der Waals surface area contributed by atoms with Gasteiger partial charge in [-0.05, 0) is 56.3 Å². The first kappa shape index (κ1) is 12.7. The van der Waals surface area contributed by atoms with Crippen molar-refractivity contribution >= 4 is 5.78 Å². The van der Waals surface area contributed by atoms with Gasteiger partial charge in [-0.3, -0.25) is 4.79 Å². The van der Waals surface area contributed by atoms with E-state index in [0.717, 1.165) is 35.2 Å². The van der Waals surface area contributed by atoms with Crippen molar-refractivity contribution in [2.24, 2.45) is 23.2 Å². The highest BCUT2D eigenvalue weighted by molar-refractivity contribution is 5.85. The van der Waals surface area contributed by atoms with Crippen LogP contribution in [0.4, 0.5) is 0 Å². The summed E-state index contributed by atoms with van der Waals surface area (Å²) in [6.45, 7) is 1.00. The minimum absolute atomic E-state index is 0.129. The average Bonchev–Trinajstić information content (AvgIpc) is 2.22. The summed E-state index contributed by atoms with van der Waals surface area (Å²) < 4.78 is 0.915. The Bertz CT molecular complexity index is 317. The Morgan fingerprint density at radius 2 is 1.44 bits per heavy atom. The van der Waals surface area contributed by atoms with Crippen LogP contribution in [0, 0.1) is 23.2 Å². The van der Waals surface area contributed by atoms with Gasteiger partial charge in [-0.15, -0.1) is 0 Å². The van der Waals surface area contributed by atoms with E-state index in [1.807, 2.05) is 0 Å². The molecular weight excluding hydrogens is 222 g/mol. The van der Waals surface area contributed by atoms with Gasteiger partial charge in [-0.2, -0.15) is 0 Å². The summed E-state index contributed by atoms with van der Waals surface area (Å²) in [5.41, 5.74) is 0.129. The van der Waals surface area contributed by atoms with Crippen LogP contribution in [0.1, 0.15) is 44.9 Å². The number of quaternary nitrogens is 1. The Hall–Kier alpha value is -0.370. The predicted molar refractivity (Wildman–Crippen MR) is 73.1 cm³/mol. The molecule has 0 amide bonds. The summed E-state index contributed by atoms with van der Waals surface area (Å²) in [6.07, 6.45) is 8.79. The molecule has 0 unspecified atom stereocenters. The minimum Gasteiger partial charge on any atom is -0.331 e. The summed E-state index contributed by atoms with van der Waals surface area (Å²) in [4.78, 5) is 12.7. The monoisotopic (exact) mass is 250 g/mol. The normalized spacial score (nSPS) is 42.3. The van der Waals surface area contributed by atoms with E-state index in [0.29, 0.717) is 5.78 Å². The Kier molecular flexibility index (Phi) is 2.85. The molecule has 0 heterocycles. The van der Waals surface area contributed by atoms with Crippen LogP contribution in [-0.2, 0) is 4.79 Å². The van der Waals surface area contributed by atoms with E-state index < -0.39 is 0 Å². The number of hydrogen-bond acceptors (Lipinski definition) is 1. The first-order valence-electron chi connectivity index (χ1n) is 7.70. The molecule has 4 fully saturated rings. The molecule has 4 bridgehead atoms. The van der Waals surface area contributed by atoms with Crippen molar-refractivity contribution in [1.82, 2.24) is 0 Å². The van der Waals surface area contributed by atoms with E-state index in [4.69, 9.17) is 0 Å². The van der Waals surface area contributed by atoms with Crippen LogP contribution in [0.25, 0.3) is 0 Å². The van der Waals surface area contributed by atoms with Crippen LogP contribution in [0.15, 0.2) is 0 Å². The molecule has 2 heteroatoms. The van der Waals surface area contributed by atoms with Crippen molar-refractivity contribution < 1.29 is 9.28 Å². The van der Waals surface area contributed by atoms with Crippen LogP contribution in [-0.4, -0.2) is 38.0 Å². The molecule has 4 saturated carbocycles. The maximum atomic E-state index is 12.7. The van der Waals surface area contributed by atoms with Crippen molar-refractivity contribution in [3.8, 4) is 0 Å². The number of rotatable bonds is 4. The highest BCUT2D eigenvalue weighted by Gasteiger charge is 2.54. The summed E-state index contributed by atoms with van der Waals surface area (Å²) in [7, 11) is 6.56. The second kappa shape index (κ2) is 4.06. The molecule has 0 radical (unpaired) electrons. The molecule has 2 nitrogen and oxygen atoms in total. The Balaban J connectivity index is 1.69. The number of carbonyl (C=O) groups excluding carboxylic acids is 1. The first-order chi connectivity index (χ1) is 8.36. The van der Waals surface area contributed by atoms with Crippen LogP contribution in [0.5, 0.6) is 0 Å². The molecule has 18 heavy (non-hydrogen) atoms. The third-order valence-corrected chi connectivity index (χ3v) is 5.64. The second-order valence-electron chi connectivity index (χ2n) is 8.38. The molecule has 0 aliphatic heterocycles. The topological polar surface area (TPSA) is 17.1 Å². The first-order valence-corrected chi connectivity index (χ1v) is 7.70. The smallest absolute Gasteiger partial charge is 0.144 e. The molecule has 0 saturated heterocycles. The number of ketones is 1. The van der Waals surface area contributed by atoms with Crippen LogP contribution < -0.4 is 0 Å². The molecule has 0 N–H and O–H groups in total. The fourth-order valence-electron chi connectivity index (χ4n) is 5.15. The van der Waals surface area contributed by atoms with E-state index >= 15 is 0 Å². The highest BCUT2D eigenvalue weighted by atomic mass is 16.1. The largest absolute Gasteiger partial charge is 0.331 e. The quantitative estimate of drug-likeness (QED) is 0.701. The average molecular weight is 250 g/mol. The lowest BCUT2D eigenvalue weighted by Gasteiger charge is -2.56. The minimum atomic E-state index is 0.129. The Morgan fingerprint density at radius 1 is 1.00 bits per heavy atom. The Morgan fingerprint density at radius 3 is 1.83 bits per heavy atom. The standard InChI is InChI=1S/C16H28NO/c1-17(2,3)5-4-15(18)16-9-12-6-13(10-16)8-14(7-12)11-16/h12-14H,4-11H2,1-3H3/q+1. The van der Waals surface area contributed by atoms with E-state index in [1.165, 1.54) is 38.5 Å². The SMILES string of the molecule is C[N+](C)(C)CCC(=O)C12CC3CC(CC(C3)C1)C2. The molecule has 0 aromatic rings. The molecule has 102 valence electrons. The fourth-order valence-corrected chi connectivity index (χ4v) is 5.15. The van der Waals surface area contributed by atoms with Crippen LogP contribution >= 0.6 is 0 Å². The summed E-state index contributed by atoms with van der Waals surface area (Å²) in [5, 5.41) is 0. The molecule has 4 aliphatic carbocycles. The van der Waals surface area contributed by atoms with E-state index in [1.54, 1.807) is 0 Å². The zero-order valence-electron chi connectivity index (χ0n) is 12.2. The van der Waals surface area contributed by atoms with Gasteiger partial charge in [0.2, 0.25) is 0 Å². The van der Waals surface area contributed by atoms with Crippen molar-refractivity contribution in [1.29, 1.82) is 0 Å². The van der Waals surface area contributed by atoms with Crippen LogP contribution in [0.3, 0.4) is 0 Å². The number of carbonyl (C=O) groups is 1. The van der Waals surface area contributed by atoms with Gasteiger partial charge in [0.25, 0.3) is 0 Å². The maximum absolute atomic E-state index is 12.7. The zero-order chi connectivity index (χ0) is 13.0. The van der Waals surface area contributed by atoms with Crippen molar-refractivity contribution in [2.75, 3.05) is 27.7 Å². The molecule has 4 aliphatic rings. The number of nitrogens with zero attached hydrogens (tertiary/aromatic N) is 1. The molecule has 4 rings (SSSR count). The second-order valence-corrected chi connectivity index (χ2v) is 8.38. The number of hydrogen-bond donors (Lipinski definition) is 0. The van der Waals surface area contributed by atoms with Gasteiger partial charge in [0.15, 0.2) is 0 Å². The zero-order valence-corrected chi connectivity index (χ0v) is 12.2. The molecule has 0 aromatic heterocycles. The Labute approximate surface area is 111 Å². The van der Waals surface area contributed by atoms with Gasteiger partial charge in [0.1, 0.15) is 5.78 Å². The van der Waals surface area contributed by atoms with Gasteiger partial charge in [-0.1, -0.05) is 0 Å². The molecular formula is C16H28NO+. The number of Topliss-reactive ketones (excluding diaryl/α,β-unsaturated/α-hetero) is 1. The van der Waals surface area contributed by atoms with Crippen molar-refractivity contribution in [3.63, 3.8) is 0 Å². The molecule has 0 aromatic carbocycles. The van der Waals surface area contributed by atoms with Gasteiger partial charge in [0, 0.05) is 5.41 Å². The van der Waals surface area contributed by atoms with Gasteiger partial charge in [0.05, 0.1) is 34.1 Å². The van der Waals surface area contributed by atoms with E-state index in [2.05, 4.69) is 21.1 Å². The van der Waals surface area contributed by atoms with E-state index in [9.17, 15) is 4.79 Å². The third-order valence-electron chi connectivity index (χ3n) is 5.64. The predicted octanol–water partition coefficient (Wildman–Crippen LogP) is 2.87. The van der Waals surface area contributed by atoms with Crippen molar-refractivity contribution in [3.05, 3.63) is 0 Å². The lowest BCUT2D eigenvalue weighted by molar-refractivity contribution is -0.869. The summed E-state index contributed by atoms with van der Waals surface area (Å²) in [6, 6.07) is 0. The third kappa shape index (κ3) is 2.24. The summed E-state index contributed by atoms with van der Waals surface area (Å²) in [5.74, 6) is 3.28. The van der Waals surface area contributed by atoms with Crippen LogP contribution in [0.2, 0.25) is 0 Å². The lowest BCUT2D eigenvalue weighted by atomic mass is 9.48. The van der Waals surface area contributed by atoms with Gasteiger partial charge >= 0.3 is 0 Å². The lowest BCUT2D eigenvalue weighted by Crippen LogP contribution is -2.51. The van der Waals surface area contributed by atoms with Crippen molar-refractivity contribution in [2.45, 2.75) is 44.9 Å². The molecule has 0 spiro atoms. The van der Waals surface area contributed by atoms with E-state index in [-0.39, 0.29) is 5.41 Å². The molecule has 0 atom stereocenters.